The van der Waals surface area contributed by atoms with Crippen molar-refractivity contribution >= 4 is 11.6 Å². The maximum atomic E-state index is 9.04. The maximum Gasteiger partial charge on any atom is 0.141 e. The van der Waals surface area contributed by atoms with Crippen LogP contribution in [0.5, 0.6) is 0 Å². The van der Waals surface area contributed by atoms with Crippen molar-refractivity contribution in [3.05, 3.63) is 24.0 Å². The molecule has 0 aliphatic carbocycles. The van der Waals surface area contributed by atoms with E-state index in [4.69, 9.17) is 16.6 Å². The van der Waals surface area contributed by atoms with Gasteiger partial charge in [0.15, 0.2) is 0 Å². The molecule has 4 heteroatoms. The molecule has 10 heavy (non-hydrogen) atoms. The molecule has 0 unspecified atom stereocenters. The lowest BCUT2D eigenvalue weighted by atomic mass is 10.3. The summed E-state index contributed by atoms with van der Waals surface area (Å²) in [6.07, 6.45) is 2.73. The molecule has 0 atom stereocenters. The molecule has 0 amide bonds. The van der Waals surface area contributed by atoms with Crippen molar-refractivity contribution in [3.8, 4) is 0 Å². The lowest BCUT2D eigenvalue weighted by molar-refractivity contribution is 0.511. The summed E-state index contributed by atoms with van der Waals surface area (Å²) in [5.41, 5.74) is 11.0. The number of hydrogen-bond donors (Lipinski definition) is 4. The molecule has 0 spiro atoms. The van der Waals surface area contributed by atoms with Crippen LogP contribution in [-0.4, -0.2) is 10.1 Å². The molecule has 1 aromatic rings. The van der Waals surface area contributed by atoms with Crippen LogP contribution in [-0.2, 0) is 0 Å². The quantitative estimate of drug-likeness (QED) is 0.425. The number of nitrogens with one attached hydrogen (secondary N) is 1. The number of aromatic amines is 1. The van der Waals surface area contributed by atoms with Gasteiger partial charge in [-0.1, -0.05) is 0 Å². The molecular formula is C6H9N3O. The third-order valence-corrected chi connectivity index (χ3v) is 1.21. The second-order valence-corrected chi connectivity index (χ2v) is 1.86. The normalized spacial score (nSPS) is 11.8. The zero-order chi connectivity index (χ0) is 7.56. The molecule has 0 saturated carbocycles. The minimum absolute atomic E-state index is 0.0150. The number of rotatable bonds is 1. The molecule has 0 bridgehead atoms. The van der Waals surface area contributed by atoms with Gasteiger partial charge in [0.2, 0.25) is 0 Å². The number of aliphatic hydroxyl groups is 1. The van der Waals surface area contributed by atoms with Crippen LogP contribution in [0.1, 0.15) is 5.56 Å². The van der Waals surface area contributed by atoms with Gasteiger partial charge in [0, 0.05) is 12.4 Å². The highest BCUT2D eigenvalue weighted by molar-refractivity contribution is 5.67. The summed E-state index contributed by atoms with van der Waals surface area (Å²) in [6.45, 7) is 0. The van der Waals surface area contributed by atoms with E-state index in [0.29, 0.717) is 11.4 Å². The zero-order valence-corrected chi connectivity index (χ0v) is 5.33. The first-order valence-corrected chi connectivity index (χ1v) is 2.79. The van der Waals surface area contributed by atoms with Crippen LogP contribution in [0, 0.1) is 0 Å². The summed E-state index contributed by atoms with van der Waals surface area (Å²) in [7, 11) is 0. The zero-order valence-electron chi connectivity index (χ0n) is 5.33. The Balaban J connectivity index is 3.05. The van der Waals surface area contributed by atoms with Crippen molar-refractivity contribution in [2.24, 2.45) is 5.73 Å². The summed E-state index contributed by atoms with van der Waals surface area (Å²) >= 11 is 0. The molecule has 1 heterocycles. The molecule has 0 aliphatic heterocycles. The molecule has 54 valence electrons. The first-order chi connectivity index (χ1) is 4.75. The Kier molecular flexibility index (Phi) is 1.53. The maximum absolute atomic E-state index is 9.04. The van der Waals surface area contributed by atoms with Crippen molar-refractivity contribution in [1.29, 1.82) is 0 Å². The number of aliphatic hydroxyl groups excluding tert-OH is 1. The minimum Gasteiger partial charge on any atom is -0.506 e. The third-order valence-electron chi connectivity index (χ3n) is 1.21. The molecule has 6 N–H and O–H groups in total. The van der Waals surface area contributed by atoms with Gasteiger partial charge in [-0.3, -0.25) is 0 Å². The Labute approximate surface area is 58.2 Å². The number of hydrogen-bond acceptors (Lipinski definition) is 3. The van der Waals surface area contributed by atoms with E-state index >= 15 is 0 Å². The van der Waals surface area contributed by atoms with Crippen molar-refractivity contribution in [2.75, 3.05) is 5.73 Å². The number of anilines is 1. The average Bonchev–Trinajstić information content (AvgIpc) is 2.34. The Hall–Kier alpha value is -1.58. The first-order valence-electron chi connectivity index (χ1n) is 2.79. The van der Waals surface area contributed by atoms with Gasteiger partial charge in [-0.05, 0) is 6.07 Å². The molecule has 1 aromatic heterocycles. The largest absolute Gasteiger partial charge is 0.506 e. The summed E-state index contributed by atoms with van der Waals surface area (Å²) in [5.74, 6) is 0.401. The Morgan fingerprint density at radius 1 is 1.70 bits per heavy atom. The van der Waals surface area contributed by atoms with Crippen LogP contribution in [0.4, 0.5) is 5.82 Å². The molecule has 0 saturated heterocycles. The van der Waals surface area contributed by atoms with E-state index in [1.165, 1.54) is 0 Å². The lowest BCUT2D eigenvalue weighted by Gasteiger charge is -1.94. The average molecular weight is 139 g/mol. The second-order valence-electron chi connectivity index (χ2n) is 1.86. The standard InChI is InChI=1S/C6H9N3O/c7-3-5(10)4-1-2-9-6(4)8/h1-3,9-10H,7-8H2/b5-3+. The minimum atomic E-state index is -0.0150. The van der Waals surface area contributed by atoms with Crippen LogP contribution in [0.3, 0.4) is 0 Å². The van der Waals surface area contributed by atoms with Gasteiger partial charge in [0.1, 0.15) is 11.6 Å². The molecule has 4 nitrogen and oxygen atoms in total. The van der Waals surface area contributed by atoms with Gasteiger partial charge < -0.3 is 21.6 Å². The van der Waals surface area contributed by atoms with Gasteiger partial charge >= 0.3 is 0 Å². The predicted octanol–water partition coefficient (Wildman–Crippen LogP) is 0.412. The summed E-state index contributed by atoms with van der Waals surface area (Å²) in [4.78, 5) is 2.71. The van der Waals surface area contributed by atoms with Crippen molar-refractivity contribution < 1.29 is 5.11 Å². The van der Waals surface area contributed by atoms with Crippen LogP contribution < -0.4 is 11.5 Å². The van der Waals surface area contributed by atoms with E-state index in [1.54, 1.807) is 12.3 Å². The van der Waals surface area contributed by atoms with Gasteiger partial charge in [-0.25, -0.2) is 0 Å². The van der Waals surface area contributed by atoms with Gasteiger partial charge in [-0.15, -0.1) is 0 Å². The monoisotopic (exact) mass is 139 g/mol. The fourth-order valence-electron chi connectivity index (χ4n) is 0.695. The third kappa shape index (κ3) is 0.907. The number of nitrogen functional groups attached to an aromatic ring is 1. The fraction of sp³-hybridized carbons (Fsp3) is 0. The van der Waals surface area contributed by atoms with Crippen LogP contribution >= 0.6 is 0 Å². The molecule has 1 rings (SSSR count). The summed E-state index contributed by atoms with van der Waals surface area (Å²) < 4.78 is 0. The van der Waals surface area contributed by atoms with E-state index in [1.807, 2.05) is 0 Å². The van der Waals surface area contributed by atoms with Crippen LogP contribution in [0.25, 0.3) is 5.76 Å². The smallest absolute Gasteiger partial charge is 0.141 e. The molecule has 0 fully saturated rings. The number of aromatic nitrogens is 1. The topological polar surface area (TPSA) is 88.1 Å². The van der Waals surface area contributed by atoms with E-state index in [0.717, 1.165) is 6.20 Å². The Morgan fingerprint density at radius 3 is 2.80 bits per heavy atom. The van der Waals surface area contributed by atoms with E-state index < -0.39 is 0 Å². The van der Waals surface area contributed by atoms with Gasteiger partial charge in [0.25, 0.3) is 0 Å². The van der Waals surface area contributed by atoms with E-state index in [-0.39, 0.29) is 5.76 Å². The van der Waals surface area contributed by atoms with E-state index in [9.17, 15) is 0 Å². The van der Waals surface area contributed by atoms with E-state index in [2.05, 4.69) is 4.98 Å². The van der Waals surface area contributed by atoms with Crippen LogP contribution in [0.15, 0.2) is 18.5 Å². The van der Waals surface area contributed by atoms with Crippen molar-refractivity contribution in [1.82, 2.24) is 4.98 Å². The summed E-state index contributed by atoms with van der Waals surface area (Å²) in [6, 6.07) is 1.65. The van der Waals surface area contributed by atoms with Crippen molar-refractivity contribution in [2.45, 2.75) is 0 Å². The SMILES string of the molecule is N/C=C(/O)c1cc[nH]c1N. The first kappa shape index (κ1) is 6.54. The Morgan fingerprint density at radius 2 is 2.40 bits per heavy atom. The Bertz CT molecular complexity index is 251. The molecule has 0 aliphatic rings. The fourth-order valence-corrected chi connectivity index (χ4v) is 0.695. The highest BCUT2D eigenvalue weighted by atomic mass is 16.3. The highest BCUT2D eigenvalue weighted by Crippen LogP contribution is 2.15. The molecular weight excluding hydrogens is 130 g/mol. The van der Waals surface area contributed by atoms with Crippen molar-refractivity contribution in [3.63, 3.8) is 0 Å². The van der Waals surface area contributed by atoms with Gasteiger partial charge in [0.05, 0.1) is 5.56 Å². The summed E-state index contributed by atoms with van der Waals surface area (Å²) in [5, 5.41) is 9.04. The second kappa shape index (κ2) is 2.34. The highest BCUT2D eigenvalue weighted by Gasteiger charge is 2.02. The lowest BCUT2D eigenvalue weighted by Crippen LogP contribution is -1.92. The predicted molar refractivity (Wildman–Crippen MR) is 40.0 cm³/mol. The van der Waals surface area contributed by atoms with Gasteiger partial charge in [-0.2, -0.15) is 0 Å². The number of nitrogens with two attached hydrogens (primary N) is 2. The number of H-pyrrole nitrogens is 1. The molecule has 0 aromatic carbocycles. The molecule has 0 radical (unpaired) electrons. The van der Waals surface area contributed by atoms with Crippen LogP contribution in [0.2, 0.25) is 0 Å².